The number of rotatable bonds is 7. The molecule has 1 amide bonds. The van der Waals surface area contributed by atoms with Crippen LogP contribution in [-0.2, 0) is 16.1 Å². The average Bonchev–Trinajstić information content (AvgIpc) is 3.60. The van der Waals surface area contributed by atoms with E-state index in [0.717, 1.165) is 29.7 Å². The van der Waals surface area contributed by atoms with Gasteiger partial charge in [-0.3, -0.25) is 4.79 Å². The van der Waals surface area contributed by atoms with Crippen LogP contribution in [0.4, 0.5) is 0 Å². The summed E-state index contributed by atoms with van der Waals surface area (Å²) < 4.78 is 11.6. The normalized spacial score (nSPS) is 18.3. The summed E-state index contributed by atoms with van der Waals surface area (Å²) in [6.45, 7) is 5.95. The molecule has 1 aromatic heterocycles. The SMILES string of the molecule is COC1CNCC(C(=O)N(Cc2cccc(C)c2C)C2CC2)=C1c1cc(-c2ccccc2)no1. The number of aromatic nitrogens is 1. The second-order valence-corrected chi connectivity index (χ2v) is 9.21. The first-order chi connectivity index (χ1) is 16.6. The van der Waals surface area contributed by atoms with Crippen LogP contribution in [0.5, 0.6) is 0 Å². The van der Waals surface area contributed by atoms with Crippen LogP contribution in [0.15, 0.2) is 64.7 Å². The van der Waals surface area contributed by atoms with Gasteiger partial charge in [-0.05, 0) is 43.4 Å². The van der Waals surface area contributed by atoms with Gasteiger partial charge in [-0.25, -0.2) is 0 Å². The van der Waals surface area contributed by atoms with Gasteiger partial charge in [0.05, 0.1) is 6.10 Å². The van der Waals surface area contributed by atoms with Crippen molar-refractivity contribution in [2.75, 3.05) is 20.2 Å². The minimum absolute atomic E-state index is 0.0466. The van der Waals surface area contributed by atoms with Gasteiger partial charge in [-0.2, -0.15) is 0 Å². The number of amides is 1. The summed E-state index contributed by atoms with van der Waals surface area (Å²) in [5.74, 6) is 0.642. The molecule has 176 valence electrons. The minimum atomic E-state index is -0.286. The van der Waals surface area contributed by atoms with E-state index in [0.29, 0.717) is 31.0 Å². The molecule has 5 rings (SSSR count). The van der Waals surface area contributed by atoms with E-state index in [4.69, 9.17) is 9.26 Å². The van der Waals surface area contributed by atoms with Crippen LogP contribution in [-0.4, -0.2) is 48.3 Å². The van der Waals surface area contributed by atoms with E-state index in [1.807, 2.05) is 41.3 Å². The molecule has 1 unspecified atom stereocenters. The molecule has 0 radical (unpaired) electrons. The number of nitrogens with zero attached hydrogens (tertiary/aromatic N) is 2. The van der Waals surface area contributed by atoms with Crippen LogP contribution in [0.2, 0.25) is 0 Å². The van der Waals surface area contributed by atoms with Gasteiger partial charge in [0, 0.05) is 55.6 Å². The Labute approximate surface area is 200 Å². The largest absolute Gasteiger partial charge is 0.375 e. The second kappa shape index (κ2) is 9.57. The molecule has 1 saturated carbocycles. The highest BCUT2D eigenvalue weighted by atomic mass is 16.5. The van der Waals surface area contributed by atoms with Gasteiger partial charge >= 0.3 is 0 Å². The van der Waals surface area contributed by atoms with Crippen molar-refractivity contribution in [1.29, 1.82) is 0 Å². The Bertz CT molecular complexity index is 1210. The molecule has 0 bridgehead atoms. The molecular weight excluding hydrogens is 426 g/mol. The Kier molecular flexibility index (Phi) is 6.35. The summed E-state index contributed by atoms with van der Waals surface area (Å²) >= 11 is 0. The van der Waals surface area contributed by atoms with Crippen LogP contribution in [0, 0.1) is 13.8 Å². The summed E-state index contributed by atoms with van der Waals surface area (Å²) in [6.07, 6.45) is 1.80. The van der Waals surface area contributed by atoms with Gasteiger partial charge in [-0.15, -0.1) is 0 Å². The molecular formula is C28H31N3O3. The lowest BCUT2D eigenvalue weighted by Gasteiger charge is -2.31. The number of carbonyl (C=O) groups excluding carboxylic acids is 1. The molecule has 1 aliphatic heterocycles. The Morgan fingerprint density at radius 2 is 1.94 bits per heavy atom. The fourth-order valence-electron chi connectivity index (χ4n) is 4.66. The van der Waals surface area contributed by atoms with E-state index < -0.39 is 0 Å². The molecule has 3 aromatic rings. The molecule has 0 saturated heterocycles. The number of carbonyl (C=O) groups is 1. The third kappa shape index (κ3) is 4.43. The molecule has 1 N–H and O–H groups in total. The van der Waals surface area contributed by atoms with Gasteiger partial charge in [0.1, 0.15) is 5.69 Å². The minimum Gasteiger partial charge on any atom is -0.375 e. The summed E-state index contributed by atoms with van der Waals surface area (Å²) in [7, 11) is 1.67. The van der Waals surface area contributed by atoms with Crippen molar-refractivity contribution >= 4 is 11.5 Å². The van der Waals surface area contributed by atoms with E-state index in [2.05, 4.69) is 42.5 Å². The van der Waals surface area contributed by atoms with Crippen molar-refractivity contribution in [3.8, 4) is 11.3 Å². The topological polar surface area (TPSA) is 67.6 Å². The van der Waals surface area contributed by atoms with Gasteiger partial charge < -0.3 is 19.5 Å². The zero-order valence-corrected chi connectivity index (χ0v) is 20.0. The highest BCUT2D eigenvalue weighted by molar-refractivity contribution is 6.02. The van der Waals surface area contributed by atoms with Crippen LogP contribution in [0.3, 0.4) is 0 Å². The number of hydrogen-bond acceptors (Lipinski definition) is 5. The number of aryl methyl sites for hydroxylation is 1. The van der Waals surface area contributed by atoms with Gasteiger partial charge in [0.25, 0.3) is 5.91 Å². The Morgan fingerprint density at radius 3 is 2.68 bits per heavy atom. The summed E-state index contributed by atoms with van der Waals surface area (Å²) in [6, 6.07) is 18.4. The molecule has 1 aliphatic carbocycles. The van der Waals surface area contributed by atoms with Gasteiger partial charge in [0.15, 0.2) is 5.76 Å². The molecule has 2 heterocycles. The third-order valence-electron chi connectivity index (χ3n) is 6.97. The zero-order valence-electron chi connectivity index (χ0n) is 20.0. The summed E-state index contributed by atoms with van der Waals surface area (Å²) in [5.41, 5.74) is 6.91. The standard InChI is InChI=1S/C28H31N3O3/c1-18-8-7-11-21(19(18)2)17-31(22-12-13-22)28(32)23-15-29-16-26(33-3)27(23)25-14-24(30-34-25)20-9-5-4-6-10-20/h4-11,14,22,26,29H,12-13,15-17H2,1-3H3. The van der Waals surface area contributed by atoms with Crippen molar-refractivity contribution in [3.05, 3.63) is 82.6 Å². The lowest BCUT2D eigenvalue weighted by molar-refractivity contribution is -0.128. The Balaban J connectivity index is 1.52. The predicted octanol–water partition coefficient (Wildman–Crippen LogP) is 4.52. The molecule has 34 heavy (non-hydrogen) atoms. The first-order valence-corrected chi connectivity index (χ1v) is 11.9. The molecule has 2 aliphatic rings. The first-order valence-electron chi connectivity index (χ1n) is 11.9. The van der Waals surface area contributed by atoms with Crippen molar-refractivity contribution < 1.29 is 14.1 Å². The van der Waals surface area contributed by atoms with E-state index >= 15 is 0 Å². The Hall–Kier alpha value is -3.22. The maximum absolute atomic E-state index is 14.0. The average molecular weight is 458 g/mol. The van der Waals surface area contributed by atoms with Gasteiger partial charge in [0.2, 0.25) is 0 Å². The van der Waals surface area contributed by atoms with Crippen LogP contribution < -0.4 is 5.32 Å². The van der Waals surface area contributed by atoms with Crippen LogP contribution in [0.25, 0.3) is 16.8 Å². The van der Waals surface area contributed by atoms with Gasteiger partial charge in [-0.1, -0.05) is 53.7 Å². The molecule has 6 nitrogen and oxygen atoms in total. The highest BCUT2D eigenvalue weighted by Gasteiger charge is 2.38. The molecule has 2 aromatic carbocycles. The third-order valence-corrected chi connectivity index (χ3v) is 6.97. The lowest BCUT2D eigenvalue weighted by Crippen LogP contribution is -2.43. The quantitative estimate of drug-likeness (QED) is 0.565. The Morgan fingerprint density at radius 1 is 1.15 bits per heavy atom. The molecule has 1 fully saturated rings. The molecule has 6 heteroatoms. The summed E-state index contributed by atoms with van der Waals surface area (Å²) in [4.78, 5) is 16.0. The number of hydrogen-bond donors (Lipinski definition) is 1. The van der Waals surface area contributed by atoms with Crippen molar-refractivity contribution in [3.63, 3.8) is 0 Å². The van der Waals surface area contributed by atoms with E-state index in [9.17, 15) is 4.79 Å². The van der Waals surface area contributed by atoms with E-state index in [1.54, 1.807) is 7.11 Å². The van der Waals surface area contributed by atoms with E-state index in [-0.39, 0.29) is 18.1 Å². The molecule has 0 spiro atoms. The number of benzene rings is 2. The maximum atomic E-state index is 14.0. The monoisotopic (exact) mass is 457 g/mol. The smallest absolute Gasteiger partial charge is 0.252 e. The first kappa shape index (κ1) is 22.6. The maximum Gasteiger partial charge on any atom is 0.252 e. The summed E-state index contributed by atoms with van der Waals surface area (Å²) in [5, 5.41) is 7.66. The fourth-order valence-corrected chi connectivity index (χ4v) is 4.66. The zero-order chi connectivity index (χ0) is 23.7. The van der Waals surface area contributed by atoms with Crippen molar-refractivity contribution in [2.24, 2.45) is 0 Å². The number of methoxy groups -OCH3 is 1. The molecule has 1 atom stereocenters. The highest BCUT2D eigenvalue weighted by Crippen LogP contribution is 2.35. The van der Waals surface area contributed by atoms with Crippen LogP contribution in [0.1, 0.15) is 35.3 Å². The lowest BCUT2D eigenvalue weighted by atomic mass is 9.94. The van der Waals surface area contributed by atoms with Crippen molar-refractivity contribution in [1.82, 2.24) is 15.4 Å². The fraction of sp³-hybridized carbons (Fsp3) is 0.357. The number of nitrogens with one attached hydrogen (secondary N) is 1. The second-order valence-electron chi connectivity index (χ2n) is 9.21. The van der Waals surface area contributed by atoms with Crippen LogP contribution >= 0.6 is 0 Å². The number of ether oxygens (including phenoxy) is 1. The predicted molar refractivity (Wildman–Crippen MR) is 132 cm³/mol. The van der Waals surface area contributed by atoms with Crippen molar-refractivity contribution in [2.45, 2.75) is 45.4 Å². The van der Waals surface area contributed by atoms with E-state index in [1.165, 1.54) is 16.7 Å².